The lowest BCUT2D eigenvalue weighted by atomic mass is 10.1. The molecule has 1 saturated carbocycles. The zero-order chi connectivity index (χ0) is 16.7. The van der Waals surface area contributed by atoms with Crippen molar-refractivity contribution < 1.29 is 13.6 Å². The molecule has 0 aromatic heterocycles. The average molecular weight is 328 g/mol. The first-order chi connectivity index (χ1) is 11.6. The second-order valence-corrected chi connectivity index (χ2v) is 6.54. The lowest BCUT2D eigenvalue weighted by Gasteiger charge is -2.07. The van der Waals surface area contributed by atoms with E-state index >= 15 is 0 Å². The van der Waals surface area contributed by atoms with Gasteiger partial charge in [0.2, 0.25) is 5.91 Å². The van der Waals surface area contributed by atoms with Crippen LogP contribution in [0.2, 0.25) is 0 Å². The van der Waals surface area contributed by atoms with E-state index in [4.69, 9.17) is 0 Å². The maximum absolute atomic E-state index is 13.8. The Balaban J connectivity index is 1.37. The molecular weight excluding hydrogens is 310 g/mol. The summed E-state index contributed by atoms with van der Waals surface area (Å²) in [6.07, 6.45) is 0.570. The minimum atomic E-state index is -0.468. The molecule has 0 radical (unpaired) electrons. The smallest absolute Gasteiger partial charge is 0.224 e. The van der Waals surface area contributed by atoms with Gasteiger partial charge in [-0.1, -0.05) is 18.2 Å². The number of nitrogens with one attached hydrogen (secondary N) is 2. The number of benzene rings is 2. The SMILES string of the molecule is O=C(NCc1ccc2c(c1)CNC2)C1CC1c1cc(F)ccc1F. The molecule has 5 heteroatoms. The van der Waals surface area contributed by atoms with Gasteiger partial charge in [-0.3, -0.25) is 4.79 Å². The van der Waals surface area contributed by atoms with Gasteiger partial charge in [0.05, 0.1) is 0 Å². The van der Waals surface area contributed by atoms with Crippen LogP contribution in [0.1, 0.15) is 34.6 Å². The monoisotopic (exact) mass is 328 g/mol. The molecule has 2 aromatic carbocycles. The van der Waals surface area contributed by atoms with Crippen molar-refractivity contribution in [1.29, 1.82) is 0 Å². The van der Waals surface area contributed by atoms with Gasteiger partial charge in [-0.05, 0) is 52.8 Å². The molecule has 2 N–H and O–H groups in total. The zero-order valence-corrected chi connectivity index (χ0v) is 13.1. The first-order valence-electron chi connectivity index (χ1n) is 8.16. The minimum absolute atomic E-state index is 0.0951. The molecule has 1 aliphatic carbocycles. The number of amides is 1. The predicted molar refractivity (Wildman–Crippen MR) is 86.0 cm³/mol. The Morgan fingerprint density at radius 2 is 1.96 bits per heavy atom. The van der Waals surface area contributed by atoms with Gasteiger partial charge in [0.1, 0.15) is 11.6 Å². The number of hydrogen-bond donors (Lipinski definition) is 2. The summed E-state index contributed by atoms with van der Waals surface area (Å²) in [5.41, 5.74) is 3.93. The van der Waals surface area contributed by atoms with Crippen LogP contribution in [0.5, 0.6) is 0 Å². The topological polar surface area (TPSA) is 41.1 Å². The fourth-order valence-corrected chi connectivity index (χ4v) is 3.41. The van der Waals surface area contributed by atoms with E-state index in [1.807, 2.05) is 6.07 Å². The lowest BCUT2D eigenvalue weighted by molar-refractivity contribution is -0.122. The van der Waals surface area contributed by atoms with Crippen molar-refractivity contribution in [2.45, 2.75) is 32.0 Å². The van der Waals surface area contributed by atoms with Crippen LogP contribution in [0.15, 0.2) is 36.4 Å². The average Bonchev–Trinajstić information content (AvgIpc) is 3.24. The number of halogens is 2. The number of hydrogen-bond acceptors (Lipinski definition) is 2. The molecule has 124 valence electrons. The lowest BCUT2D eigenvalue weighted by Crippen LogP contribution is -2.25. The van der Waals surface area contributed by atoms with E-state index in [2.05, 4.69) is 22.8 Å². The summed E-state index contributed by atoms with van der Waals surface area (Å²) < 4.78 is 27.0. The normalized spacial score (nSPS) is 21.4. The third-order valence-electron chi connectivity index (χ3n) is 4.85. The van der Waals surface area contributed by atoms with Crippen LogP contribution < -0.4 is 10.6 Å². The van der Waals surface area contributed by atoms with E-state index in [1.54, 1.807) is 0 Å². The number of fused-ring (bicyclic) bond motifs is 1. The Bertz CT molecular complexity index is 806. The molecule has 2 aromatic rings. The van der Waals surface area contributed by atoms with E-state index in [-0.39, 0.29) is 17.7 Å². The highest BCUT2D eigenvalue weighted by molar-refractivity contribution is 5.82. The van der Waals surface area contributed by atoms with Crippen molar-refractivity contribution >= 4 is 5.91 Å². The number of carbonyl (C=O) groups excluding carboxylic acids is 1. The Hall–Kier alpha value is -2.27. The van der Waals surface area contributed by atoms with Crippen LogP contribution in [0, 0.1) is 17.6 Å². The third-order valence-corrected chi connectivity index (χ3v) is 4.85. The standard InChI is InChI=1S/C19H18F2N2O/c20-14-3-4-18(21)16(6-14)15-7-17(15)19(24)23-8-11-1-2-12-9-22-10-13(12)5-11/h1-6,15,17,22H,7-10H2,(H,23,24). The summed E-state index contributed by atoms with van der Waals surface area (Å²) in [6.45, 7) is 2.21. The summed E-state index contributed by atoms with van der Waals surface area (Å²) in [7, 11) is 0. The van der Waals surface area contributed by atoms with Gasteiger partial charge in [0.25, 0.3) is 0 Å². The first-order valence-corrected chi connectivity index (χ1v) is 8.16. The van der Waals surface area contributed by atoms with Gasteiger partial charge in [0, 0.05) is 25.6 Å². The summed E-state index contributed by atoms with van der Waals surface area (Å²) >= 11 is 0. The molecule has 2 unspecified atom stereocenters. The summed E-state index contributed by atoms with van der Waals surface area (Å²) in [5, 5.41) is 6.20. The van der Waals surface area contributed by atoms with Crippen LogP contribution >= 0.6 is 0 Å². The number of carbonyl (C=O) groups is 1. The van der Waals surface area contributed by atoms with Gasteiger partial charge in [-0.25, -0.2) is 8.78 Å². The maximum Gasteiger partial charge on any atom is 0.224 e. The molecule has 0 bridgehead atoms. The van der Waals surface area contributed by atoms with Crippen molar-refractivity contribution in [2.24, 2.45) is 5.92 Å². The fourth-order valence-electron chi connectivity index (χ4n) is 3.41. The Labute approximate surface area is 139 Å². The summed E-state index contributed by atoms with van der Waals surface area (Å²) in [5.74, 6) is -1.49. The van der Waals surface area contributed by atoms with Crippen LogP contribution in [0.3, 0.4) is 0 Å². The molecule has 2 atom stereocenters. The number of rotatable bonds is 4. The fraction of sp³-hybridized carbons (Fsp3) is 0.316. The van der Waals surface area contributed by atoms with Crippen LogP contribution in [0.4, 0.5) is 8.78 Å². The highest BCUT2D eigenvalue weighted by Crippen LogP contribution is 2.48. The predicted octanol–water partition coefficient (Wildman–Crippen LogP) is 2.99. The second kappa shape index (κ2) is 5.98. The van der Waals surface area contributed by atoms with Crippen molar-refractivity contribution in [3.05, 3.63) is 70.3 Å². The molecule has 1 heterocycles. The van der Waals surface area contributed by atoms with E-state index in [0.717, 1.165) is 30.8 Å². The molecule has 2 aliphatic rings. The van der Waals surface area contributed by atoms with Crippen molar-refractivity contribution in [2.75, 3.05) is 0 Å². The van der Waals surface area contributed by atoms with Crippen molar-refractivity contribution in [3.63, 3.8) is 0 Å². The van der Waals surface area contributed by atoms with Gasteiger partial charge in [0.15, 0.2) is 0 Å². The Kier molecular flexibility index (Phi) is 3.81. The van der Waals surface area contributed by atoms with Gasteiger partial charge in [-0.2, -0.15) is 0 Å². The minimum Gasteiger partial charge on any atom is -0.352 e. The molecular formula is C19H18F2N2O. The zero-order valence-electron chi connectivity index (χ0n) is 13.1. The second-order valence-electron chi connectivity index (χ2n) is 6.54. The third kappa shape index (κ3) is 2.91. The van der Waals surface area contributed by atoms with E-state index < -0.39 is 11.6 Å². The van der Waals surface area contributed by atoms with E-state index in [0.29, 0.717) is 18.5 Å². The van der Waals surface area contributed by atoms with Crippen molar-refractivity contribution in [1.82, 2.24) is 10.6 Å². The quantitative estimate of drug-likeness (QED) is 0.906. The van der Waals surface area contributed by atoms with Gasteiger partial charge < -0.3 is 10.6 Å². The highest BCUT2D eigenvalue weighted by atomic mass is 19.1. The van der Waals surface area contributed by atoms with Gasteiger partial charge in [-0.15, -0.1) is 0 Å². The van der Waals surface area contributed by atoms with Crippen LogP contribution in [0.25, 0.3) is 0 Å². The van der Waals surface area contributed by atoms with Crippen molar-refractivity contribution in [3.8, 4) is 0 Å². The van der Waals surface area contributed by atoms with Crippen LogP contribution in [-0.4, -0.2) is 5.91 Å². The molecule has 0 saturated heterocycles. The molecule has 4 rings (SSSR count). The molecule has 1 aliphatic heterocycles. The van der Waals surface area contributed by atoms with E-state index in [1.165, 1.54) is 17.2 Å². The molecule has 1 fully saturated rings. The highest BCUT2D eigenvalue weighted by Gasteiger charge is 2.45. The molecule has 1 amide bonds. The molecule has 24 heavy (non-hydrogen) atoms. The maximum atomic E-state index is 13.8. The van der Waals surface area contributed by atoms with E-state index in [9.17, 15) is 13.6 Å². The molecule has 0 spiro atoms. The Morgan fingerprint density at radius 1 is 1.12 bits per heavy atom. The first kappa shape index (κ1) is 15.3. The van der Waals surface area contributed by atoms with Gasteiger partial charge >= 0.3 is 0 Å². The molecule has 3 nitrogen and oxygen atoms in total. The summed E-state index contributed by atoms with van der Waals surface area (Å²) in [6, 6.07) is 9.62. The summed E-state index contributed by atoms with van der Waals surface area (Å²) in [4.78, 5) is 12.3. The van der Waals surface area contributed by atoms with Crippen LogP contribution in [-0.2, 0) is 24.4 Å². The Morgan fingerprint density at radius 3 is 2.83 bits per heavy atom. The largest absolute Gasteiger partial charge is 0.352 e.